The van der Waals surface area contributed by atoms with Crippen LogP contribution in [0.15, 0.2) is 47.3 Å². The summed E-state index contributed by atoms with van der Waals surface area (Å²) in [6.45, 7) is 3.42. The van der Waals surface area contributed by atoms with Gasteiger partial charge in [-0.15, -0.1) is 0 Å². The molecule has 3 N–H and O–H groups in total. The molecule has 8 nitrogen and oxygen atoms in total. The number of rotatable bonds is 7. The van der Waals surface area contributed by atoms with Gasteiger partial charge in [0.25, 0.3) is 11.5 Å². The molecule has 0 aliphatic carbocycles. The van der Waals surface area contributed by atoms with Gasteiger partial charge in [0.05, 0.1) is 17.3 Å². The summed E-state index contributed by atoms with van der Waals surface area (Å²) in [6, 6.07) is 11.2. The van der Waals surface area contributed by atoms with Crippen LogP contribution in [0, 0.1) is 11.7 Å². The van der Waals surface area contributed by atoms with Crippen molar-refractivity contribution in [2.75, 3.05) is 38.1 Å². The molecule has 0 spiro atoms. The van der Waals surface area contributed by atoms with Gasteiger partial charge in [0.1, 0.15) is 11.6 Å². The van der Waals surface area contributed by atoms with Crippen molar-refractivity contribution in [2.24, 2.45) is 5.92 Å². The number of likely N-dealkylation sites (tertiary alicyclic amines) is 1. The molecule has 3 heterocycles. The second kappa shape index (κ2) is 10.6. The van der Waals surface area contributed by atoms with Gasteiger partial charge in [-0.2, -0.15) is 0 Å². The Bertz CT molecular complexity index is 1350. The van der Waals surface area contributed by atoms with Crippen molar-refractivity contribution >= 4 is 34.1 Å². The van der Waals surface area contributed by atoms with Gasteiger partial charge in [-0.25, -0.2) is 4.39 Å². The number of piperidine rings is 1. The zero-order chi connectivity index (χ0) is 25.2. The minimum absolute atomic E-state index is 0.0204. The summed E-state index contributed by atoms with van der Waals surface area (Å²) in [5, 5.41) is 18.0. The van der Waals surface area contributed by atoms with Crippen LogP contribution in [0.1, 0.15) is 12.0 Å². The number of ether oxygens (including phenoxy) is 1. The van der Waals surface area contributed by atoms with E-state index >= 15 is 0 Å². The van der Waals surface area contributed by atoms with Gasteiger partial charge >= 0.3 is 0 Å². The average molecular weight is 515 g/mol. The first-order chi connectivity index (χ1) is 17.4. The Morgan fingerprint density at radius 3 is 2.83 bits per heavy atom. The highest BCUT2D eigenvalue weighted by Crippen LogP contribution is 2.33. The van der Waals surface area contributed by atoms with Crippen molar-refractivity contribution in [3.8, 4) is 5.75 Å². The third-order valence-electron chi connectivity index (χ3n) is 6.72. The first-order valence-corrected chi connectivity index (χ1v) is 12.4. The molecule has 2 unspecified atom stereocenters. The fourth-order valence-corrected chi connectivity index (χ4v) is 5.25. The Balaban J connectivity index is 1.19. The van der Waals surface area contributed by atoms with Crippen LogP contribution in [0.3, 0.4) is 0 Å². The van der Waals surface area contributed by atoms with Gasteiger partial charge in [-0.3, -0.25) is 14.5 Å². The quantitative estimate of drug-likeness (QED) is 0.448. The number of carbonyl (C=O) groups is 1. The van der Waals surface area contributed by atoms with E-state index in [2.05, 4.69) is 15.5 Å². The van der Waals surface area contributed by atoms with Crippen LogP contribution < -0.4 is 20.9 Å². The minimum atomic E-state index is -0.466. The van der Waals surface area contributed by atoms with E-state index in [4.69, 9.17) is 16.3 Å². The second-order valence-electron chi connectivity index (χ2n) is 9.45. The minimum Gasteiger partial charge on any atom is -0.482 e. The van der Waals surface area contributed by atoms with Crippen molar-refractivity contribution in [3.63, 3.8) is 0 Å². The second-order valence-corrected chi connectivity index (χ2v) is 9.86. The number of hydrogen-bond acceptors (Lipinski definition) is 6. The van der Waals surface area contributed by atoms with Crippen LogP contribution in [0.2, 0.25) is 5.02 Å². The highest BCUT2D eigenvalue weighted by atomic mass is 35.5. The monoisotopic (exact) mass is 514 g/mol. The lowest BCUT2D eigenvalue weighted by Crippen LogP contribution is -2.47. The summed E-state index contributed by atoms with van der Waals surface area (Å²) in [6.07, 6.45) is 0.206. The highest BCUT2D eigenvalue weighted by molar-refractivity contribution is 6.31. The maximum atomic E-state index is 13.8. The Morgan fingerprint density at radius 2 is 1.97 bits per heavy atom. The summed E-state index contributed by atoms with van der Waals surface area (Å²) < 4.78 is 20.8. The molecule has 1 fully saturated rings. The van der Waals surface area contributed by atoms with Crippen LogP contribution in [-0.4, -0.2) is 59.4 Å². The SMILES string of the molecule is O=C1COc2cc(Cl)c(CNCC3CC(O)CN(CCn4c(=O)ccc5ccc(F)cc54)C3)cc2N1. The lowest BCUT2D eigenvalue weighted by Gasteiger charge is -2.36. The summed E-state index contributed by atoms with van der Waals surface area (Å²) in [5.74, 6) is 0.184. The Kier molecular flexibility index (Phi) is 7.25. The van der Waals surface area contributed by atoms with Crippen LogP contribution >= 0.6 is 11.6 Å². The normalized spacial score (nSPS) is 20.1. The van der Waals surface area contributed by atoms with Gasteiger partial charge < -0.3 is 25.0 Å². The van der Waals surface area contributed by atoms with E-state index in [-0.39, 0.29) is 29.8 Å². The number of aliphatic hydroxyl groups is 1. The van der Waals surface area contributed by atoms with Gasteiger partial charge in [-0.1, -0.05) is 11.6 Å². The van der Waals surface area contributed by atoms with Crippen molar-refractivity contribution in [2.45, 2.75) is 25.6 Å². The number of nitrogens with one attached hydrogen (secondary N) is 2. The molecule has 1 saturated heterocycles. The number of anilines is 1. The fraction of sp³-hybridized carbons (Fsp3) is 0.385. The van der Waals surface area contributed by atoms with Gasteiger partial charge in [-0.05, 0) is 60.2 Å². The lowest BCUT2D eigenvalue weighted by atomic mass is 9.95. The molecule has 36 heavy (non-hydrogen) atoms. The number of benzene rings is 2. The van der Waals surface area contributed by atoms with Gasteiger partial charge in [0.2, 0.25) is 0 Å². The first kappa shape index (κ1) is 24.7. The summed E-state index contributed by atoms with van der Waals surface area (Å²) in [5.41, 5.74) is 1.85. The van der Waals surface area contributed by atoms with Crippen molar-refractivity contribution in [1.29, 1.82) is 0 Å². The number of hydrogen-bond donors (Lipinski definition) is 3. The smallest absolute Gasteiger partial charge is 0.262 e. The van der Waals surface area contributed by atoms with E-state index in [1.165, 1.54) is 18.2 Å². The van der Waals surface area contributed by atoms with E-state index in [1.807, 2.05) is 6.07 Å². The summed E-state index contributed by atoms with van der Waals surface area (Å²) in [4.78, 5) is 26.2. The molecule has 0 saturated carbocycles. The third kappa shape index (κ3) is 5.54. The number of fused-ring (bicyclic) bond motifs is 2. The molecule has 5 rings (SSSR count). The van der Waals surface area contributed by atoms with Crippen LogP contribution in [0.5, 0.6) is 5.75 Å². The number of pyridine rings is 1. The number of aromatic nitrogens is 1. The summed E-state index contributed by atoms with van der Waals surface area (Å²) in [7, 11) is 0. The average Bonchev–Trinajstić information content (AvgIpc) is 2.83. The molecule has 3 aromatic rings. The molecule has 10 heteroatoms. The molecule has 2 atom stereocenters. The van der Waals surface area contributed by atoms with Crippen molar-refractivity contribution < 1.29 is 19.0 Å². The largest absolute Gasteiger partial charge is 0.482 e. The fourth-order valence-electron chi connectivity index (χ4n) is 5.03. The third-order valence-corrected chi connectivity index (χ3v) is 7.07. The molecule has 1 aromatic heterocycles. The molecule has 2 aliphatic rings. The summed E-state index contributed by atoms with van der Waals surface area (Å²) >= 11 is 6.40. The maximum absolute atomic E-state index is 13.8. The highest BCUT2D eigenvalue weighted by Gasteiger charge is 2.26. The first-order valence-electron chi connectivity index (χ1n) is 12.0. The van der Waals surface area contributed by atoms with E-state index < -0.39 is 6.10 Å². The van der Waals surface area contributed by atoms with Crippen LogP contribution in [0.4, 0.5) is 10.1 Å². The van der Waals surface area contributed by atoms with Gasteiger partial charge in [0.15, 0.2) is 6.61 Å². The lowest BCUT2D eigenvalue weighted by molar-refractivity contribution is -0.118. The Labute approximate surface area is 212 Å². The zero-order valence-corrected chi connectivity index (χ0v) is 20.4. The van der Waals surface area contributed by atoms with Gasteiger partial charge in [0, 0.05) is 49.9 Å². The van der Waals surface area contributed by atoms with Crippen LogP contribution in [-0.2, 0) is 17.9 Å². The zero-order valence-electron chi connectivity index (χ0n) is 19.7. The number of halogens is 2. The number of carbonyl (C=O) groups excluding carboxylic acids is 1. The van der Waals surface area contributed by atoms with Crippen molar-refractivity contribution in [1.82, 2.24) is 14.8 Å². The topological polar surface area (TPSA) is 95.8 Å². The predicted octanol–water partition coefficient (Wildman–Crippen LogP) is 2.60. The Morgan fingerprint density at radius 1 is 1.14 bits per heavy atom. The number of β-amino-alcohol motifs (C(OH)–C–C–N with tert-alkyl or cyclic N) is 1. The van der Waals surface area contributed by atoms with E-state index in [0.29, 0.717) is 61.1 Å². The van der Waals surface area contributed by atoms with E-state index in [1.54, 1.807) is 22.8 Å². The molecule has 190 valence electrons. The molecule has 0 bridgehead atoms. The maximum Gasteiger partial charge on any atom is 0.262 e. The Hall–Kier alpha value is -2.98. The molecule has 2 aromatic carbocycles. The number of aliphatic hydroxyl groups excluding tert-OH is 1. The van der Waals surface area contributed by atoms with E-state index in [0.717, 1.165) is 17.5 Å². The number of amides is 1. The molecule has 1 amide bonds. The van der Waals surface area contributed by atoms with Crippen molar-refractivity contribution in [3.05, 3.63) is 69.2 Å². The molecule has 0 radical (unpaired) electrons. The molecule has 2 aliphatic heterocycles. The standard InChI is InChI=1S/C26H28ClFN4O4/c27-21-10-24-22(30-25(34)15-36-24)8-18(21)12-29-11-16-7-20(33)14-31(13-16)5-6-32-23-9-19(28)3-1-17(23)2-4-26(32)35/h1-4,8-10,16,20,29,33H,5-7,11-15H2,(H,30,34). The number of nitrogens with zero attached hydrogens (tertiary/aromatic N) is 2. The van der Waals surface area contributed by atoms with Crippen LogP contribution in [0.25, 0.3) is 10.9 Å². The molecular weight excluding hydrogens is 487 g/mol. The van der Waals surface area contributed by atoms with E-state index in [9.17, 15) is 19.1 Å². The molecular formula is C26H28ClFN4O4. The predicted molar refractivity (Wildman–Crippen MR) is 136 cm³/mol.